The molecular weight excluding hydrogens is 298 g/mol. The van der Waals surface area contributed by atoms with Gasteiger partial charge in [0.2, 0.25) is 5.91 Å². The van der Waals surface area contributed by atoms with E-state index in [1.807, 2.05) is 20.8 Å². The second kappa shape index (κ2) is 8.79. The van der Waals surface area contributed by atoms with Gasteiger partial charge in [0.1, 0.15) is 0 Å². The molecular formula is C16H27N3O4. The van der Waals surface area contributed by atoms with Gasteiger partial charge in [-0.1, -0.05) is 0 Å². The van der Waals surface area contributed by atoms with E-state index in [9.17, 15) is 14.4 Å². The number of nitrogens with one attached hydrogen (secondary N) is 1. The lowest BCUT2D eigenvalue weighted by Gasteiger charge is -2.25. The highest BCUT2D eigenvalue weighted by Crippen LogP contribution is 2.13. The number of carbonyl (C=O) groups is 3. The zero-order valence-electron chi connectivity index (χ0n) is 14.1. The predicted molar refractivity (Wildman–Crippen MR) is 86.4 cm³/mol. The predicted octanol–water partition coefficient (Wildman–Crippen LogP) is 0.340. The van der Waals surface area contributed by atoms with Gasteiger partial charge in [-0.3, -0.25) is 19.3 Å². The molecule has 0 aromatic carbocycles. The number of carbonyl (C=O) groups excluding carboxylic acids is 3. The second-order valence-corrected chi connectivity index (χ2v) is 6.32. The van der Waals surface area contributed by atoms with Crippen molar-refractivity contribution in [1.29, 1.82) is 0 Å². The summed E-state index contributed by atoms with van der Waals surface area (Å²) >= 11 is 0. The Balaban J connectivity index is 2.21. The summed E-state index contributed by atoms with van der Waals surface area (Å²) in [5.74, 6) is -0.927. The van der Waals surface area contributed by atoms with Gasteiger partial charge in [0.05, 0.1) is 5.60 Å². The van der Waals surface area contributed by atoms with Crippen molar-refractivity contribution in [2.24, 2.45) is 5.73 Å². The number of hydrogen-bond donors (Lipinski definition) is 2. The Labute approximate surface area is 137 Å². The summed E-state index contributed by atoms with van der Waals surface area (Å²) in [6.45, 7) is 7.07. The van der Waals surface area contributed by atoms with Crippen LogP contribution in [0.25, 0.3) is 0 Å². The van der Waals surface area contributed by atoms with Crippen LogP contribution in [-0.4, -0.2) is 54.0 Å². The Morgan fingerprint density at radius 1 is 1.35 bits per heavy atom. The van der Waals surface area contributed by atoms with Gasteiger partial charge in [0.25, 0.3) is 11.8 Å². The Hall–Kier alpha value is -1.73. The number of nitrogens with two attached hydrogens (primary N) is 1. The lowest BCUT2D eigenvalue weighted by atomic mass is 10.1. The highest BCUT2D eigenvalue weighted by Gasteiger charge is 2.24. The first-order valence-corrected chi connectivity index (χ1v) is 7.92. The van der Waals surface area contributed by atoms with E-state index in [2.05, 4.69) is 5.32 Å². The molecule has 0 saturated heterocycles. The molecule has 0 spiro atoms. The van der Waals surface area contributed by atoms with Crippen molar-refractivity contribution in [3.63, 3.8) is 0 Å². The van der Waals surface area contributed by atoms with Crippen LogP contribution in [-0.2, 0) is 19.1 Å². The number of imide groups is 1. The molecule has 1 unspecified atom stereocenters. The van der Waals surface area contributed by atoms with Gasteiger partial charge in [0, 0.05) is 37.8 Å². The van der Waals surface area contributed by atoms with E-state index in [0.717, 1.165) is 11.3 Å². The maximum atomic E-state index is 11.8. The van der Waals surface area contributed by atoms with E-state index >= 15 is 0 Å². The van der Waals surface area contributed by atoms with Crippen LogP contribution in [0.15, 0.2) is 12.2 Å². The van der Waals surface area contributed by atoms with Gasteiger partial charge < -0.3 is 15.8 Å². The van der Waals surface area contributed by atoms with Crippen LogP contribution in [0.2, 0.25) is 0 Å². The molecule has 1 rings (SSSR count). The summed E-state index contributed by atoms with van der Waals surface area (Å²) in [5, 5.41) is 2.84. The van der Waals surface area contributed by atoms with Gasteiger partial charge in [-0.05, 0) is 40.2 Å². The van der Waals surface area contributed by atoms with E-state index in [1.165, 1.54) is 12.2 Å². The zero-order valence-corrected chi connectivity index (χ0v) is 14.1. The van der Waals surface area contributed by atoms with Gasteiger partial charge in [0.15, 0.2) is 0 Å². The maximum absolute atomic E-state index is 11.8. The smallest absolute Gasteiger partial charge is 0.253 e. The standard InChI is InChI=1S/C16H27N3O4/c1-12(7-11-23-16(2,3)8-9-17)18-13(20)6-10-19-14(21)4-5-15(19)22/h4-5,12H,6-11,17H2,1-3H3,(H,18,20). The molecule has 1 aliphatic rings. The number of ether oxygens (including phenoxy) is 1. The quantitative estimate of drug-likeness (QED) is 0.564. The zero-order chi connectivity index (χ0) is 17.5. The second-order valence-electron chi connectivity index (χ2n) is 6.32. The number of amides is 3. The summed E-state index contributed by atoms with van der Waals surface area (Å²) < 4.78 is 5.75. The topological polar surface area (TPSA) is 102 Å². The van der Waals surface area contributed by atoms with E-state index in [1.54, 1.807) is 0 Å². The van der Waals surface area contributed by atoms with E-state index in [0.29, 0.717) is 19.6 Å². The molecule has 7 nitrogen and oxygen atoms in total. The van der Waals surface area contributed by atoms with Crippen LogP contribution in [0.4, 0.5) is 0 Å². The van der Waals surface area contributed by atoms with Crippen molar-refractivity contribution < 1.29 is 19.1 Å². The first kappa shape index (κ1) is 19.3. The molecule has 0 fully saturated rings. The van der Waals surface area contributed by atoms with E-state index < -0.39 is 0 Å². The molecule has 1 atom stereocenters. The average Bonchev–Trinajstić information content (AvgIpc) is 2.75. The summed E-state index contributed by atoms with van der Waals surface area (Å²) in [7, 11) is 0. The Morgan fingerprint density at radius 3 is 2.52 bits per heavy atom. The van der Waals surface area contributed by atoms with Crippen molar-refractivity contribution in [2.75, 3.05) is 19.7 Å². The van der Waals surface area contributed by atoms with Crippen molar-refractivity contribution in [3.8, 4) is 0 Å². The fraction of sp³-hybridized carbons (Fsp3) is 0.688. The third-order valence-electron chi connectivity index (χ3n) is 3.66. The number of rotatable bonds is 10. The van der Waals surface area contributed by atoms with Crippen molar-refractivity contribution in [3.05, 3.63) is 12.2 Å². The van der Waals surface area contributed by atoms with Crippen LogP contribution in [0.3, 0.4) is 0 Å². The van der Waals surface area contributed by atoms with Crippen molar-refractivity contribution in [2.45, 2.75) is 51.7 Å². The summed E-state index contributed by atoms with van der Waals surface area (Å²) in [6, 6.07) is -0.0423. The third-order valence-corrected chi connectivity index (χ3v) is 3.66. The van der Waals surface area contributed by atoms with Crippen LogP contribution >= 0.6 is 0 Å². The lowest BCUT2D eigenvalue weighted by Crippen LogP contribution is -2.38. The fourth-order valence-electron chi connectivity index (χ4n) is 2.22. The normalized spacial score (nSPS) is 16.1. The Bertz CT molecular complexity index is 456. The largest absolute Gasteiger partial charge is 0.375 e. The van der Waals surface area contributed by atoms with Crippen LogP contribution in [0.5, 0.6) is 0 Å². The first-order chi connectivity index (χ1) is 10.7. The fourth-order valence-corrected chi connectivity index (χ4v) is 2.22. The lowest BCUT2D eigenvalue weighted by molar-refractivity contribution is -0.137. The average molecular weight is 325 g/mol. The van der Waals surface area contributed by atoms with Crippen LogP contribution < -0.4 is 11.1 Å². The maximum Gasteiger partial charge on any atom is 0.253 e. The molecule has 130 valence electrons. The molecule has 0 bridgehead atoms. The third kappa shape index (κ3) is 6.92. The summed E-state index contributed by atoms with van der Waals surface area (Å²) in [5.41, 5.74) is 5.26. The molecule has 0 aromatic rings. The van der Waals surface area contributed by atoms with E-state index in [-0.39, 0.29) is 42.3 Å². The summed E-state index contributed by atoms with van der Waals surface area (Å²) in [4.78, 5) is 35.6. The minimum Gasteiger partial charge on any atom is -0.375 e. The van der Waals surface area contributed by atoms with Crippen LogP contribution in [0, 0.1) is 0 Å². The Morgan fingerprint density at radius 2 is 1.96 bits per heavy atom. The van der Waals surface area contributed by atoms with Gasteiger partial charge in [-0.2, -0.15) is 0 Å². The van der Waals surface area contributed by atoms with Crippen molar-refractivity contribution in [1.82, 2.24) is 10.2 Å². The van der Waals surface area contributed by atoms with Gasteiger partial charge in [-0.25, -0.2) is 0 Å². The first-order valence-electron chi connectivity index (χ1n) is 7.92. The van der Waals surface area contributed by atoms with Gasteiger partial charge >= 0.3 is 0 Å². The highest BCUT2D eigenvalue weighted by molar-refractivity contribution is 6.13. The molecule has 0 radical (unpaired) electrons. The molecule has 1 aliphatic heterocycles. The summed E-state index contributed by atoms with van der Waals surface area (Å²) in [6.07, 6.45) is 3.98. The SMILES string of the molecule is CC(CCOC(C)(C)CCN)NC(=O)CCN1C(=O)C=CC1=O. The molecule has 1 heterocycles. The molecule has 0 saturated carbocycles. The molecule has 0 aliphatic carbocycles. The minimum absolute atomic E-state index is 0.0423. The van der Waals surface area contributed by atoms with Crippen LogP contribution in [0.1, 0.15) is 40.0 Å². The monoisotopic (exact) mass is 325 g/mol. The number of hydrogen-bond acceptors (Lipinski definition) is 5. The number of nitrogens with zero attached hydrogens (tertiary/aromatic N) is 1. The molecule has 23 heavy (non-hydrogen) atoms. The molecule has 3 N–H and O–H groups in total. The molecule has 3 amide bonds. The minimum atomic E-state index is -0.369. The van der Waals surface area contributed by atoms with E-state index in [4.69, 9.17) is 10.5 Å². The highest BCUT2D eigenvalue weighted by atomic mass is 16.5. The Kier molecular flexibility index (Phi) is 7.38. The molecule has 7 heteroatoms. The van der Waals surface area contributed by atoms with Gasteiger partial charge in [-0.15, -0.1) is 0 Å². The molecule has 0 aromatic heterocycles. The van der Waals surface area contributed by atoms with Crippen molar-refractivity contribution >= 4 is 17.7 Å².